The lowest BCUT2D eigenvalue weighted by Crippen LogP contribution is -2.57. The Morgan fingerprint density at radius 1 is 1.89 bits per heavy atom. The molecule has 1 saturated heterocycles. The third kappa shape index (κ3) is 1.23. The quantitative estimate of drug-likeness (QED) is 0.575. The lowest BCUT2D eigenvalue weighted by atomic mass is 10.0. The van der Waals surface area contributed by atoms with Crippen LogP contribution in [0.1, 0.15) is 8.22 Å². The fraction of sp³-hybridized carbons (Fsp3) is 1.00. The number of methoxy groups -OCH3 is 1. The van der Waals surface area contributed by atoms with E-state index in [-0.39, 0.29) is 19.8 Å². The Kier molecular flexibility index (Phi) is 0.731. The zero-order valence-corrected chi connectivity index (χ0v) is 4.94. The minimum atomic E-state index is -2.54. The average Bonchev–Trinajstić information content (AvgIpc) is 1.90. The van der Waals surface area contributed by atoms with Crippen molar-refractivity contribution in [2.24, 2.45) is 0 Å². The van der Waals surface area contributed by atoms with E-state index in [1.807, 2.05) is 0 Å². The number of hydrogen-bond donors (Lipinski definition) is 1. The summed E-state index contributed by atoms with van der Waals surface area (Å²) in [5.74, 6) is 0. The van der Waals surface area contributed by atoms with Crippen molar-refractivity contribution in [1.29, 1.82) is 0 Å². The third-order valence-corrected chi connectivity index (χ3v) is 1.36. The van der Waals surface area contributed by atoms with E-state index in [1.165, 1.54) is 0 Å². The van der Waals surface area contributed by atoms with Gasteiger partial charge in [-0.15, -0.1) is 0 Å². The van der Waals surface area contributed by atoms with Crippen LogP contribution in [0.25, 0.3) is 0 Å². The molecule has 9 heavy (non-hydrogen) atoms. The molecule has 0 spiro atoms. The zero-order valence-electron chi connectivity index (χ0n) is 10.9. The predicted molar refractivity (Wildman–Crippen MR) is 34.5 cm³/mol. The molecular formula is C6H13NO2. The Labute approximate surface area is 63.8 Å². The molecule has 3 nitrogen and oxygen atoms in total. The van der Waals surface area contributed by atoms with Crippen LogP contribution in [-0.4, -0.2) is 39.4 Å². The first kappa shape index (κ1) is 2.49. The van der Waals surface area contributed by atoms with E-state index < -0.39 is 19.6 Å². The van der Waals surface area contributed by atoms with Crippen molar-refractivity contribution in [2.75, 3.05) is 33.8 Å². The molecule has 1 fully saturated rings. The smallest absolute Gasteiger partial charge is 0.126 e. The average molecular weight is 137 g/mol. The monoisotopic (exact) mass is 137 g/mol. The summed E-state index contributed by atoms with van der Waals surface area (Å²) in [4.78, 5) is 0. The van der Waals surface area contributed by atoms with Gasteiger partial charge in [0.15, 0.2) is 0 Å². The van der Waals surface area contributed by atoms with Crippen LogP contribution in [0.3, 0.4) is 0 Å². The topological polar surface area (TPSA) is 30.5 Å². The molecule has 3 heteroatoms. The highest BCUT2D eigenvalue weighted by molar-refractivity contribution is 4.88. The molecule has 1 N–H and O–H groups in total. The molecular weight excluding hydrogens is 118 g/mol. The summed E-state index contributed by atoms with van der Waals surface area (Å²) in [6, 6.07) is 0. The number of ether oxygens (including phenoxy) is 2. The van der Waals surface area contributed by atoms with Gasteiger partial charge in [0.25, 0.3) is 0 Å². The molecule has 0 aromatic rings. The molecule has 0 amide bonds. The van der Waals surface area contributed by atoms with Gasteiger partial charge in [-0.2, -0.15) is 0 Å². The maximum atomic E-state index is 6.95. The first-order valence-corrected chi connectivity index (χ1v) is 2.65. The van der Waals surface area contributed by atoms with E-state index in [0.29, 0.717) is 0 Å². The molecule has 0 aromatic carbocycles. The highest BCUT2D eigenvalue weighted by Crippen LogP contribution is 2.19. The summed E-state index contributed by atoms with van der Waals surface area (Å²) in [5, 5.41) is 2.23. The largest absolute Gasteiger partial charge is 0.375 e. The van der Waals surface area contributed by atoms with Crippen molar-refractivity contribution in [2.45, 2.75) is 5.60 Å². The molecule has 1 aliphatic rings. The van der Waals surface area contributed by atoms with E-state index in [4.69, 9.17) is 17.7 Å². The van der Waals surface area contributed by atoms with Crippen LogP contribution in [0.15, 0.2) is 0 Å². The summed E-state index contributed by atoms with van der Waals surface area (Å²) in [6.07, 6.45) is 0. The third-order valence-electron chi connectivity index (χ3n) is 1.36. The maximum absolute atomic E-state index is 6.95. The zero-order chi connectivity index (χ0) is 11.7. The normalized spacial score (nSPS) is 36.0. The Morgan fingerprint density at radius 2 is 2.78 bits per heavy atom. The highest BCUT2D eigenvalue weighted by atomic mass is 16.6. The summed E-state index contributed by atoms with van der Waals surface area (Å²) in [6.45, 7) is -2.19. The Hall–Kier alpha value is -0.120. The van der Waals surface area contributed by atoms with E-state index in [0.717, 1.165) is 0 Å². The Morgan fingerprint density at radius 3 is 3.22 bits per heavy atom. The van der Waals surface area contributed by atoms with Crippen LogP contribution in [0.2, 0.25) is 0 Å². The Balaban J connectivity index is 2.47. The fourth-order valence-corrected chi connectivity index (χ4v) is 0.688. The predicted octanol–water partition coefficient (Wildman–Crippen LogP) is -0.379. The molecule has 1 rings (SSSR count). The second kappa shape index (κ2) is 2.64. The van der Waals surface area contributed by atoms with Crippen LogP contribution in [-0.2, 0) is 9.47 Å². The number of rotatable bonds is 3. The standard InChI is InChI=1S/C6H13NO2/c1-7-3-6(8-2)4-9-5-6/h7H,3-5H2,1-2H3/i1D3,2D3. The molecule has 0 saturated carbocycles. The molecule has 1 aliphatic heterocycles. The van der Waals surface area contributed by atoms with Crippen LogP contribution in [0.5, 0.6) is 0 Å². The molecule has 0 atom stereocenters. The lowest BCUT2D eigenvalue weighted by Gasteiger charge is -2.39. The SMILES string of the molecule is [2H]C([2H])([2H])NCC1(OC([2H])([2H])[2H])COC1. The highest BCUT2D eigenvalue weighted by Gasteiger charge is 2.37. The number of likely N-dealkylation sites (N-methyl/N-ethyl adjacent to an activating group) is 1. The summed E-state index contributed by atoms with van der Waals surface area (Å²) in [7, 11) is -2.54. The van der Waals surface area contributed by atoms with Gasteiger partial charge in [0.1, 0.15) is 5.60 Å². The van der Waals surface area contributed by atoms with Crippen LogP contribution < -0.4 is 5.32 Å². The molecule has 0 aromatic heterocycles. The van der Waals surface area contributed by atoms with Gasteiger partial charge < -0.3 is 14.8 Å². The number of hydrogen-bond acceptors (Lipinski definition) is 3. The molecule has 54 valence electrons. The van der Waals surface area contributed by atoms with Crippen molar-refractivity contribution in [1.82, 2.24) is 5.32 Å². The van der Waals surface area contributed by atoms with Crippen molar-refractivity contribution < 1.29 is 17.7 Å². The van der Waals surface area contributed by atoms with Crippen LogP contribution in [0.4, 0.5) is 0 Å². The van der Waals surface area contributed by atoms with Gasteiger partial charge in [-0.05, 0) is 6.98 Å². The van der Waals surface area contributed by atoms with Gasteiger partial charge in [-0.25, -0.2) is 0 Å². The van der Waals surface area contributed by atoms with Crippen LogP contribution in [0, 0.1) is 0 Å². The van der Waals surface area contributed by atoms with Crippen molar-refractivity contribution >= 4 is 0 Å². The minimum Gasteiger partial charge on any atom is -0.375 e. The molecule has 0 aliphatic carbocycles. The summed E-state index contributed by atoms with van der Waals surface area (Å²) >= 11 is 0. The molecule has 0 bridgehead atoms. The molecule has 0 unspecified atom stereocenters. The van der Waals surface area contributed by atoms with Gasteiger partial charge >= 0.3 is 0 Å². The first-order chi connectivity index (χ1) is 6.62. The maximum Gasteiger partial charge on any atom is 0.126 e. The minimum absolute atomic E-state index is 0.0676. The van der Waals surface area contributed by atoms with Crippen molar-refractivity contribution in [3.63, 3.8) is 0 Å². The van der Waals surface area contributed by atoms with E-state index >= 15 is 0 Å². The van der Waals surface area contributed by atoms with Gasteiger partial charge in [0.2, 0.25) is 0 Å². The Bertz CT molecular complexity index is 221. The van der Waals surface area contributed by atoms with Gasteiger partial charge in [-0.1, -0.05) is 0 Å². The van der Waals surface area contributed by atoms with Gasteiger partial charge in [-0.3, -0.25) is 0 Å². The first-order valence-electron chi connectivity index (χ1n) is 5.65. The molecule has 0 radical (unpaired) electrons. The van der Waals surface area contributed by atoms with Gasteiger partial charge in [0.05, 0.1) is 17.3 Å². The molecule has 1 heterocycles. The van der Waals surface area contributed by atoms with Gasteiger partial charge in [0, 0.05) is 17.7 Å². The summed E-state index contributed by atoms with van der Waals surface area (Å²) < 4.78 is 51.3. The van der Waals surface area contributed by atoms with Crippen molar-refractivity contribution in [3.05, 3.63) is 0 Å². The second-order valence-corrected chi connectivity index (χ2v) is 2.13. The van der Waals surface area contributed by atoms with E-state index in [2.05, 4.69) is 5.32 Å². The second-order valence-electron chi connectivity index (χ2n) is 2.13. The van der Waals surface area contributed by atoms with Crippen LogP contribution >= 0.6 is 0 Å². The van der Waals surface area contributed by atoms with E-state index in [1.54, 1.807) is 0 Å². The number of nitrogens with one attached hydrogen (secondary N) is 1. The summed E-state index contributed by atoms with van der Waals surface area (Å²) in [5.41, 5.74) is -1.04. The van der Waals surface area contributed by atoms with E-state index in [9.17, 15) is 0 Å². The fourth-order valence-electron chi connectivity index (χ4n) is 0.688. The lowest BCUT2D eigenvalue weighted by molar-refractivity contribution is -0.191. The van der Waals surface area contributed by atoms with Crippen molar-refractivity contribution in [3.8, 4) is 0 Å².